The van der Waals surface area contributed by atoms with Crippen LogP contribution < -0.4 is 4.74 Å². The van der Waals surface area contributed by atoms with E-state index in [2.05, 4.69) is 41.6 Å². The first-order valence-corrected chi connectivity index (χ1v) is 10.7. The maximum Gasteiger partial charge on any atom is 0.189 e. The standard InChI is InChI=1S/C14H20BrNO2Si/c1-11-5-6-12(9-16)14(13(11)15)18-10-17-7-8-19(2,3)4/h5-6H,7-8,10H2,1-4H3. The molecule has 0 aliphatic rings. The van der Waals surface area contributed by atoms with Gasteiger partial charge in [-0.15, -0.1) is 0 Å². The Morgan fingerprint density at radius 2 is 2.00 bits per heavy atom. The number of ether oxygens (including phenoxy) is 2. The lowest BCUT2D eigenvalue weighted by Crippen LogP contribution is -2.22. The van der Waals surface area contributed by atoms with Gasteiger partial charge in [-0.1, -0.05) is 25.7 Å². The van der Waals surface area contributed by atoms with Crippen LogP contribution in [-0.2, 0) is 4.74 Å². The molecule has 5 heteroatoms. The normalized spacial score (nSPS) is 11.2. The summed E-state index contributed by atoms with van der Waals surface area (Å²) in [4.78, 5) is 0. The molecule has 0 aromatic heterocycles. The van der Waals surface area contributed by atoms with Crippen molar-refractivity contribution in [2.24, 2.45) is 0 Å². The Bertz CT molecular complexity index is 478. The number of benzene rings is 1. The molecule has 1 aromatic rings. The van der Waals surface area contributed by atoms with E-state index in [0.29, 0.717) is 17.9 Å². The van der Waals surface area contributed by atoms with Crippen molar-refractivity contribution in [2.45, 2.75) is 32.6 Å². The van der Waals surface area contributed by atoms with Gasteiger partial charge in [0, 0.05) is 14.7 Å². The zero-order chi connectivity index (χ0) is 14.5. The van der Waals surface area contributed by atoms with Crippen molar-refractivity contribution in [3.8, 4) is 11.8 Å². The molecule has 0 atom stereocenters. The van der Waals surface area contributed by atoms with Gasteiger partial charge in [-0.25, -0.2) is 0 Å². The highest BCUT2D eigenvalue weighted by molar-refractivity contribution is 9.10. The average molecular weight is 342 g/mol. The molecule has 0 unspecified atom stereocenters. The predicted molar refractivity (Wildman–Crippen MR) is 83.2 cm³/mol. The topological polar surface area (TPSA) is 42.2 Å². The second kappa shape index (κ2) is 7.08. The van der Waals surface area contributed by atoms with Crippen molar-refractivity contribution in [1.82, 2.24) is 0 Å². The summed E-state index contributed by atoms with van der Waals surface area (Å²) in [7, 11) is -1.07. The zero-order valence-corrected chi connectivity index (χ0v) is 14.5. The van der Waals surface area contributed by atoms with E-state index >= 15 is 0 Å². The van der Waals surface area contributed by atoms with Gasteiger partial charge in [0.25, 0.3) is 0 Å². The van der Waals surface area contributed by atoms with Crippen LogP contribution in [0, 0.1) is 18.3 Å². The monoisotopic (exact) mass is 341 g/mol. The first-order valence-electron chi connectivity index (χ1n) is 6.25. The van der Waals surface area contributed by atoms with Crippen LogP contribution in [0.2, 0.25) is 25.7 Å². The third-order valence-electron chi connectivity index (χ3n) is 2.69. The summed E-state index contributed by atoms with van der Waals surface area (Å²) < 4.78 is 11.9. The van der Waals surface area contributed by atoms with Crippen molar-refractivity contribution in [3.63, 3.8) is 0 Å². The summed E-state index contributed by atoms with van der Waals surface area (Å²) in [5.41, 5.74) is 1.56. The van der Waals surface area contributed by atoms with E-state index in [4.69, 9.17) is 14.7 Å². The first-order chi connectivity index (χ1) is 8.85. The molecule has 19 heavy (non-hydrogen) atoms. The number of rotatable bonds is 6. The molecule has 1 rings (SSSR count). The van der Waals surface area contributed by atoms with Crippen LogP contribution in [0.3, 0.4) is 0 Å². The van der Waals surface area contributed by atoms with E-state index in [1.54, 1.807) is 6.07 Å². The Kier molecular flexibility index (Phi) is 6.05. The van der Waals surface area contributed by atoms with Crippen molar-refractivity contribution in [1.29, 1.82) is 5.26 Å². The lowest BCUT2D eigenvalue weighted by molar-refractivity contribution is 0.0214. The maximum atomic E-state index is 9.06. The molecule has 0 spiro atoms. The quantitative estimate of drug-likeness (QED) is 0.439. The molecule has 0 amide bonds. The Morgan fingerprint density at radius 3 is 2.58 bits per heavy atom. The van der Waals surface area contributed by atoms with Crippen molar-refractivity contribution in [3.05, 3.63) is 27.7 Å². The Balaban J connectivity index is 2.54. The predicted octanol–water partition coefficient (Wildman–Crippen LogP) is 4.32. The van der Waals surface area contributed by atoms with Crippen molar-refractivity contribution >= 4 is 24.0 Å². The second-order valence-corrected chi connectivity index (χ2v) is 12.1. The molecule has 0 heterocycles. The number of nitrogens with zero attached hydrogens (tertiary/aromatic N) is 1. The van der Waals surface area contributed by atoms with Gasteiger partial charge in [0.15, 0.2) is 12.5 Å². The van der Waals surface area contributed by atoms with E-state index in [0.717, 1.165) is 16.1 Å². The number of nitriles is 1. The zero-order valence-electron chi connectivity index (χ0n) is 11.9. The summed E-state index contributed by atoms with van der Waals surface area (Å²) in [5, 5.41) is 9.06. The smallest absolute Gasteiger partial charge is 0.189 e. The SMILES string of the molecule is Cc1ccc(C#N)c(OCOCC[Si](C)(C)C)c1Br. The van der Waals surface area contributed by atoms with E-state index in [1.165, 1.54) is 0 Å². The fourth-order valence-electron chi connectivity index (χ4n) is 1.42. The van der Waals surface area contributed by atoms with E-state index in [9.17, 15) is 0 Å². The number of halogens is 1. The Morgan fingerprint density at radius 1 is 1.32 bits per heavy atom. The van der Waals surface area contributed by atoms with Crippen LogP contribution in [0.5, 0.6) is 5.75 Å². The van der Waals surface area contributed by atoms with Gasteiger partial charge in [-0.3, -0.25) is 0 Å². The molecule has 0 fully saturated rings. The first kappa shape index (κ1) is 16.2. The van der Waals surface area contributed by atoms with Gasteiger partial charge in [-0.05, 0) is 40.5 Å². The summed E-state index contributed by atoms with van der Waals surface area (Å²) in [6.07, 6.45) is 0. The van der Waals surface area contributed by atoms with E-state index in [-0.39, 0.29) is 6.79 Å². The maximum absolute atomic E-state index is 9.06. The van der Waals surface area contributed by atoms with Crippen LogP contribution in [0.15, 0.2) is 16.6 Å². The van der Waals surface area contributed by atoms with Crippen molar-refractivity contribution < 1.29 is 9.47 Å². The molecule has 1 aromatic carbocycles. The highest BCUT2D eigenvalue weighted by Crippen LogP contribution is 2.31. The number of aryl methyl sites for hydroxylation is 1. The summed E-state index contributed by atoms with van der Waals surface area (Å²) in [6, 6.07) is 6.88. The third kappa shape index (κ3) is 5.35. The van der Waals surface area contributed by atoms with Gasteiger partial charge < -0.3 is 9.47 Å². The van der Waals surface area contributed by atoms with Gasteiger partial charge >= 0.3 is 0 Å². The molecule has 0 saturated carbocycles. The Labute approximate surface area is 124 Å². The molecule has 0 radical (unpaired) electrons. The summed E-state index contributed by atoms with van der Waals surface area (Å²) in [6.45, 7) is 9.78. The van der Waals surface area contributed by atoms with Crippen LogP contribution in [-0.4, -0.2) is 21.5 Å². The van der Waals surface area contributed by atoms with Crippen molar-refractivity contribution in [2.75, 3.05) is 13.4 Å². The molecular weight excluding hydrogens is 322 g/mol. The minimum Gasteiger partial charge on any atom is -0.465 e. The van der Waals surface area contributed by atoms with E-state index < -0.39 is 8.07 Å². The van der Waals surface area contributed by atoms with Crippen LogP contribution >= 0.6 is 15.9 Å². The third-order valence-corrected chi connectivity index (χ3v) is 5.38. The highest BCUT2D eigenvalue weighted by Gasteiger charge is 2.13. The minimum atomic E-state index is -1.07. The van der Waals surface area contributed by atoms with Crippen LogP contribution in [0.1, 0.15) is 11.1 Å². The van der Waals surface area contributed by atoms with Gasteiger partial charge in [0.2, 0.25) is 0 Å². The van der Waals surface area contributed by atoms with Gasteiger partial charge in [-0.2, -0.15) is 5.26 Å². The van der Waals surface area contributed by atoms with Gasteiger partial charge in [0.05, 0.1) is 10.0 Å². The molecule has 104 valence electrons. The fraction of sp³-hybridized carbons (Fsp3) is 0.500. The molecule has 3 nitrogen and oxygen atoms in total. The molecule has 0 aliphatic heterocycles. The summed E-state index contributed by atoms with van der Waals surface area (Å²) in [5.74, 6) is 0.565. The minimum absolute atomic E-state index is 0.182. The number of hydrogen-bond donors (Lipinski definition) is 0. The lowest BCUT2D eigenvalue weighted by atomic mass is 10.1. The highest BCUT2D eigenvalue weighted by atomic mass is 79.9. The number of hydrogen-bond acceptors (Lipinski definition) is 3. The molecule has 0 bridgehead atoms. The lowest BCUT2D eigenvalue weighted by Gasteiger charge is -2.16. The van der Waals surface area contributed by atoms with Gasteiger partial charge in [0.1, 0.15) is 6.07 Å². The largest absolute Gasteiger partial charge is 0.465 e. The Hall–Kier alpha value is -0.833. The van der Waals surface area contributed by atoms with Crippen LogP contribution in [0.4, 0.5) is 0 Å². The summed E-state index contributed by atoms with van der Waals surface area (Å²) >= 11 is 3.45. The second-order valence-electron chi connectivity index (χ2n) is 5.67. The van der Waals surface area contributed by atoms with E-state index in [1.807, 2.05) is 13.0 Å². The fourth-order valence-corrected chi connectivity index (χ4v) is 2.64. The molecule has 0 aliphatic carbocycles. The average Bonchev–Trinajstić information content (AvgIpc) is 2.32. The molecule has 0 saturated heterocycles. The molecular formula is C14H20BrNO2Si. The molecule has 0 N–H and O–H groups in total. The van der Waals surface area contributed by atoms with Crippen LogP contribution in [0.25, 0.3) is 0 Å².